The van der Waals surface area contributed by atoms with E-state index >= 15 is 0 Å². The van der Waals surface area contributed by atoms with Crippen molar-refractivity contribution in [1.29, 1.82) is 0 Å². The molecule has 0 bridgehead atoms. The third-order valence-electron chi connectivity index (χ3n) is 1.09. The van der Waals surface area contributed by atoms with Crippen molar-refractivity contribution in [3.8, 4) is 0 Å². The Labute approximate surface area is 61.1 Å². The second kappa shape index (κ2) is 6.53. The van der Waals surface area contributed by atoms with E-state index in [4.69, 9.17) is 5.53 Å². The number of unbranched alkanes of at least 4 members (excludes halogenated alkanes) is 2. The minimum atomic E-state index is -1.63. The second-order valence-corrected chi connectivity index (χ2v) is 3.29. The average molecular weight is 160 g/mol. The van der Waals surface area contributed by atoms with E-state index in [1.165, 1.54) is 0 Å². The van der Waals surface area contributed by atoms with E-state index in [1.54, 1.807) is 0 Å². The molecule has 56 valence electrons. The molecule has 1 unspecified atom stereocenters. The molecule has 0 saturated heterocycles. The zero-order valence-corrected chi connectivity index (χ0v) is 6.92. The molecule has 0 saturated carbocycles. The van der Waals surface area contributed by atoms with Gasteiger partial charge in [0.25, 0.3) is 0 Å². The number of hydrogen-bond donors (Lipinski definition) is 0. The molecular weight excluding hydrogens is 149 g/mol. The monoisotopic (exact) mass is 160 g/mol. The third-order valence-corrected chi connectivity index (χ3v) is 2.07. The van der Waals surface area contributed by atoms with Gasteiger partial charge in [-0.15, -0.1) is 0 Å². The normalized spacial score (nSPS) is 10.3. The first-order chi connectivity index (χ1) is 4.81. The summed E-state index contributed by atoms with van der Waals surface area (Å²) in [6.45, 7) is 2.07. The zero-order valence-electron chi connectivity index (χ0n) is 6.03. The van der Waals surface area contributed by atoms with Gasteiger partial charge in [0.15, 0.2) is 11.0 Å². The highest BCUT2D eigenvalue weighted by molar-refractivity contribution is 7.42. The molecule has 0 aliphatic rings. The summed E-state index contributed by atoms with van der Waals surface area (Å²) in [5.41, 5.74) is 7.87. The predicted molar refractivity (Wildman–Crippen MR) is 41.1 cm³/mol. The SMILES string of the molecule is CCCCC[P+](=O)N=[N+]=[N-]. The highest BCUT2D eigenvalue weighted by atomic mass is 31.1. The number of azide groups is 1. The van der Waals surface area contributed by atoms with Crippen molar-refractivity contribution in [3.05, 3.63) is 10.4 Å². The lowest BCUT2D eigenvalue weighted by Crippen LogP contribution is -1.75. The molecule has 0 aromatic rings. The first-order valence-corrected chi connectivity index (χ1v) is 4.70. The van der Waals surface area contributed by atoms with Gasteiger partial charge in [-0.1, -0.05) is 17.9 Å². The molecule has 0 N–H and O–H groups in total. The van der Waals surface area contributed by atoms with Gasteiger partial charge in [0.05, 0.1) is 0 Å². The molecule has 5 heteroatoms. The predicted octanol–water partition coefficient (Wildman–Crippen LogP) is 3.23. The fraction of sp³-hybridized carbons (Fsp3) is 1.00. The van der Waals surface area contributed by atoms with Crippen molar-refractivity contribution in [3.63, 3.8) is 0 Å². The maximum absolute atomic E-state index is 10.6. The fourth-order valence-electron chi connectivity index (χ4n) is 0.586. The van der Waals surface area contributed by atoms with E-state index in [2.05, 4.69) is 16.7 Å². The van der Waals surface area contributed by atoms with Crippen molar-refractivity contribution in [2.24, 2.45) is 4.88 Å². The molecule has 10 heavy (non-hydrogen) atoms. The van der Waals surface area contributed by atoms with Gasteiger partial charge >= 0.3 is 7.95 Å². The van der Waals surface area contributed by atoms with Crippen molar-refractivity contribution < 1.29 is 4.57 Å². The van der Waals surface area contributed by atoms with Gasteiger partial charge in [0, 0.05) is 10.4 Å². The maximum atomic E-state index is 10.6. The fourth-order valence-corrected chi connectivity index (χ4v) is 1.26. The van der Waals surface area contributed by atoms with Gasteiger partial charge < -0.3 is 0 Å². The highest BCUT2D eigenvalue weighted by Gasteiger charge is 2.10. The van der Waals surface area contributed by atoms with Gasteiger partial charge in [-0.05, 0) is 12.8 Å². The van der Waals surface area contributed by atoms with Crippen LogP contribution in [0.15, 0.2) is 4.88 Å². The molecule has 0 aromatic carbocycles. The Bertz CT molecular complexity index is 153. The molecule has 0 radical (unpaired) electrons. The maximum Gasteiger partial charge on any atom is 0.461 e. The van der Waals surface area contributed by atoms with Crippen LogP contribution in [0.3, 0.4) is 0 Å². The quantitative estimate of drug-likeness (QED) is 0.200. The van der Waals surface area contributed by atoms with Crippen molar-refractivity contribution >= 4 is 7.95 Å². The van der Waals surface area contributed by atoms with Crippen LogP contribution < -0.4 is 0 Å². The lowest BCUT2D eigenvalue weighted by Gasteiger charge is -1.83. The van der Waals surface area contributed by atoms with E-state index in [9.17, 15) is 4.57 Å². The summed E-state index contributed by atoms with van der Waals surface area (Å²) in [6, 6.07) is 0. The van der Waals surface area contributed by atoms with Crippen molar-refractivity contribution in [2.45, 2.75) is 26.2 Å². The molecule has 1 atom stereocenters. The van der Waals surface area contributed by atoms with Gasteiger partial charge in [-0.25, -0.2) is 0 Å². The van der Waals surface area contributed by atoms with Gasteiger partial charge in [-0.2, -0.15) is 0 Å². The Morgan fingerprint density at radius 3 is 2.80 bits per heavy atom. The Morgan fingerprint density at radius 1 is 1.60 bits per heavy atom. The number of nitrogens with zero attached hydrogens (tertiary/aromatic N) is 3. The number of hydrogen-bond acceptors (Lipinski definition) is 1. The number of rotatable bonds is 5. The highest BCUT2D eigenvalue weighted by Crippen LogP contribution is 2.23. The van der Waals surface area contributed by atoms with Gasteiger partial charge in [-0.3, -0.25) is 0 Å². The van der Waals surface area contributed by atoms with E-state index in [0.29, 0.717) is 6.16 Å². The minimum Gasteiger partial charge on any atom is -0.0654 e. The van der Waals surface area contributed by atoms with Crippen molar-refractivity contribution in [2.75, 3.05) is 6.16 Å². The molecule has 0 rings (SSSR count). The Morgan fingerprint density at radius 2 is 2.30 bits per heavy atom. The molecule has 0 spiro atoms. The van der Waals surface area contributed by atoms with Crippen LogP contribution >= 0.6 is 7.95 Å². The topological polar surface area (TPSA) is 65.8 Å². The summed E-state index contributed by atoms with van der Waals surface area (Å²) in [6.07, 6.45) is 3.58. The lowest BCUT2D eigenvalue weighted by molar-refractivity contribution is 0.585. The van der Waals surface area contributed by atoms with Crippen LogP contribution in [0, 0.1) is 0 Å². The Balaban J connectivity index is 3.31. The molecule has 0 aromatic heterocycles. The molecule has 4 nitrogen and oxygen atoms in total. The van der Waals surface area contributed by atoms with Crippen molar-refractivity contribution in [1.82, 2.24) is 0 Å². The lowest BCUT2D eigenvalue weighted by atomic mass is 10.3. The summed E-state index contributed by atoms with van der Waals surface area (Å²) < 4.78 is 10.6. The molecule has 0 heterocycles. The summed E-state index contributed by atoms with van der Waals surface area (Å²) >= 11 is 0. The van der Waals surface area contributed by atoms with Gasteiger partial charge in [0.2, 0.25) is 0 Å². The van der Waals surface area contributed by atoms with Crippen LogP contribution in [0.5, 0.6) is 0 Å². The molecule has 0 fully saturated rings. The smallest absolute Gasteiger partial charge is 0.0654 e. The van der Waals surface area contributed by atoms with E-state index in [0.717, 1.165) is 19.3 Å². The standard InChI is InChI=1S/C5H11N3OP/c1-2-3-4-5-10(9)8-7-6/h2-5H2,1H3/q+1. The van der Waals surface area contributed by atoms with Crippen LogP contribution in [0.25, 0.3) is 10.4 Å². The van der Waals surface area contributed by atoms with Crippen LogP contribution in [0.1, 0.15) is 26.2 Å². The van der Waals surface area contributed by atoms with E-state index in [1.807, 2.05) is 0 Å². The second-order valence-electron chi connectivity index (χ2n) is 1.96. The zero-order chi connectivity index (χ0) is 7.82. The summed E-state index contributed by atoms with van der Waals surface area (Å²) in [5.74, 6) is 0. The molecule has 0 aliphatic carbocycles. The molecule has 0 aliphatic heterocycles. The van der Waals surface area contributed by atoms with Gasteiger partial charge in [0.1, 0.15) is 0 Å². The van der Waals surface area contributed by atoms with Crippen LogP contribution in [0.4, 0.5) is 0 Å². The first kappa shape index (κ1) is 9.41. The largest absolute Gasteiger partial charge is 0.461 e. The Kier molecular flexibility index (Phi) is 6.14. The summed E-state index contributed by atoms with van der Waals surface area (Å²) in [4.78, 5) is 5.54. The Hall–Kier alpha value is -0.590. The van der Waals surface area contributed by atoms with E-state index < -0.39 is 7.95 Å². The third kappa shape index (κ3) is 5.54. The molecular formula is C5H11N3OP+. The van der Waals surface area contributed by atoms with Crippen LogP contribution in [0.2, 0.25) is 0 Å². The van der Waals surface area contributed by atoms with Crippen LogP contribution in [-0.4, -0.2) is 6.16 Å². The summed E-state index contributed by atoms with van der Waals surface area (Å²) in [7, 11) is -1.63. The first-order valence-electron chi connectivity index (χ1n) is 3.31. The molecule has 0 amide bonds. The minimum absolute atomic E-state index is 0.535. The van der Waals surface area contributed by atoms with E-state index in [-0.39, 0.29) is 0 Å². The average Bonchev–Trinajstić information content (AvgIpc) is 1.89. The summed E-state index contributed by atoms with van der Waals surface area (Å²) in [5, 5.41) is 0. The van der Waals surface area contributed by atoms with Crippen LogP contribution in [-0.2, 0) is 4.57 Å².